The van der Waals surface area contributed by atoms with Gasteiger partial charge in [0.1, 0.15) is 36.3 Å². The fourth-order valence-electron chi connectivity index (χ4n) is 6.97. The number of aliphatic carboxylic acids is 3. The molecule has 0 spiro atoms. The maximum Gasteiger partial charge on any atom is 0.391 e. The molecule has 7 amide bonds. The minimum Gasteiger partial charge on any atom is -0.481 e. The lowest BCUT2D eigenvalue weighted by molar-refractivity contribution is -0.384. The normalized spacial score (nSPS) is 13.8. The number of halogens is 3. The summed E-state index contributed by atoms with van der Waals surface area (Å²) in [5.74, 6) is -15.1. The zero-order chi connectivity index (χ0) is 56.2. The molecule has 2 aromatic rings. The molecule has 0 unspecified atom stereocenters. The molecule has 6 atom stereocenters. The average molecular weight is 1050 g/mol. The summed E-state index contributed by atoms with van der Waals surface area (Å²) in [6.45, 7) is 8.88. The first-order valence-electron chi connectivity index (χ1n) is 22.9. The van der Waals surface area contributed by atoms with E-state index in [9.17, 15) is 86.2 Å². The zero-order valence-corrected chi connectivity index (χ0v) is 41.3. The van der Waals surface area contributed by atoms with Gasteiger partial charge in [0.25, 0.3) is 11.6 Å². The quantitative estimate of drug-likeness (QED) is 0.0313. The molecule has 0 heterocycles. The number of aryl methyl sites for hydroxylation is 1. The van der Waals surface area contributed by atoms with Crippen molar-refractivity contribution in [2.24, 2.45) is 11.3 Å². The van der Waals surface area contributed by atoms with E-state index in [1.165, 1.54) is 32.9 Å². The highest BCUT2D eigenvalue weighted by atomic mass is 19.4. The Hall–Kier alpha value is -8.00. The second kappa shape index (κ2) is 28.3. The number of rotatable bonds is 29. The van der Waals surface area contributed by atoms with Crippen molar-refractivity contribution in [1.82, 2.24) is 37.2 Å². The maximum absolute atomic E-state index is 14.4. The summed E-state index contributed by atoms with van der Waals surface area (Å²) in [6.07, 6.45) is -11.5. The van der Waals surface area contributed by atoms with E-state index in [0.717, 1.165) is 12.1 Å². The number of carbonyl (C=O) groups is 11. The second-order valence-corrected chi connectivity index (χ2v) is 18.6. The number of nitrogens with one attached hydrogen (secondary N) is 7. The number of nitrogens with zero attached hydrogens (tertiary/aromatic N) is 1. The molecule has 0 aromatic heterocycles. The number of amides is 7. The van der Waals surface area contributed by atoms with Crippen LogP contribution in [-0.2, 0) is 65.7 Å². The smallest absolute Gasteiger partial charge is 0.391 e. The number of carboxylic acid groups (broad SMARTS) is 3. The van der Waals surface area contributed by atoms with Crippen LogP contribution in [-0.4, -0.2) is 128 Å². The van der Waals surface area contributed by atoms with Gasteiger partial charge in [-0.1, -0.05) is 71.0 Å². The minimum absolute atomic E-state index is 0.241. The monoisotopic (exact) mass is 1050 g/mol. The molecule has 0 saturated heterocycles. The first-order valence-corrected chi connectivity index (χ1v) is 22.9. The van der Waals surface area contributed by atoms with Crippen LogP contribution in [0, 0.1) is 28.4 Å². The molecule has 0 aliphatic carbocycles. The van der Waals surface area contributed by atoms with Gasteiger partial charge in [0, 0.05) is 37.9 Å². The predicted molar refractivity (Wildman–Crippen MR) is 252 cm³/mol. The average Bonchev–Trinajstić information content (AvgIpc) is 3.28. The number of hydrogen-bond acceptors (Lipinski definition) is 13. The Bertz CT molecular complexity index is 2410. The van der Waals surface area contributed by atoms with Gasteiger partial charge in [-0.15, -0.1) is 0 Å². The molecule has 2 aromatic carbocycles. The van der Waals surface area contributed by atoms with Gasteiger partial charge in [0.15, 0.2) is 0 Å². The third kappa shape index (κ3) is 22.2. The van der Waals surface area contributed by atoms with Gasteiger partial charge in [0.2, 0.25) is 41.2 Å². The van der Waals surface area contributed by atoms with E-state index in [4.69, 9.17) is 5.11 Å². The van der Waals surface area contributed by atoms with Crippen molar-refractivity contribution in [3.63, 3.8) is 0 Å². The number of nitro benzene ring substituents is 1. The van der Waals surface area contributed by atoms with Crippen LogP contribution in [0.2, 0.25) is 0 Å². The third-order valence-corrected chi connectivity index (χ3v) is 10.8. The molecule has 0 saturated carbocycles. The predicted octanol–water partition coefficient (Wildman–Crippen LogP) is 1.49. The summed E-state index contributed by atoms with van der Waals surface area (Å²) in [7, 11) is 0. The van der Waals surface area contributed by atoms with Crippen LogP contribution in [0.1, 0.15) is 96.3 Å². The summed E-state index contributed by atoms with van der Waals surface area (Å²) in [5.41, 5.74) is -0.222. The molecule has 0 aliphatic heterocycles. The number of benzene rings is 2. The van der Waals surface area contributed by atoms with E-state index in [1.54, 1.807) is 45.0 Å². The van der Waals surface area contributed by atoms with E-state index < -0.39 is 169 Å². The van der Waals surface area contributed by atoms with Crippen molar-refractivity contribution >= 4 is 70.7 Å². The Labute approximate surface area is 421 Å². The van der Waals surface area contributed by atoms with E-state index in [0.29, 0.717) is 11.1 Å². The Balaban J connectivity index is 2.48. The minimum atomic E-state index is -5.11. The first-order chi connectivity index (χ1) is 34.3. The van der Waals surface area contributed by atoms with Gasteiger partial charge < -0.3 is 52.5 Å². The second-order valence-electron chi connectivity index (χ2n) is 18.6. The van der Waals surface area contributed by atoms with E-state index >= 15 is 0 Å². The number of Topliss-reactive ketones (excluding diaryl/α,β-unsaturated/α-hetero) is 1. The zero-order valence-electron chi connectivity index (χ0n) is 41.3. The summed E-state index contributed by atoms with van der Waals surface area (Å²) in [6, 6.07) is 0.0418. The molecule has 27 heteroatoms. The Morgan fingerprint density at radius 3 is 1.69 bits per heavy atom. The molecule has 2 rings (SSSR count). The van der Waals surface area contributed by atoms with Gasteiger partial charge >= 0.3 is 24.1 Å². The van der Waals surface area contributed by atoms with Crippen molar-refractivity contribution in [2.75, 3.05) is 0 Å². The highest BCUT2D eigenvalue weighted by Crippen LogP contribution is 2.24. The SMILES string of the molecule is Cc1ccccc1C[C@H](NC(=O)[C@H](CCC(=O)O)NC(=O)[C@H](CC(=O)O)NC(=O)CCC(=O)O)C(=O)N[C@H](C(=O)N[C@@H](CC(C)C)C(=O)N[C@@H](CC(F)(F)F)C(=O)C(=O)NCc1ccc([N+](=O)[O-])cc1)C(C)(C)C. The third-order valence-electron chi connectivity index (χ3n) is 10.8. The lowest BCUT2D eigenvalue weighted by atomic mass is 9.85. The standard InChI is InChI=1S/C47H61F3N8O16/c1-24(2)19-30(41(68)56-33(22-47(48,49)50)38(66)44(71)51-23-26-11-13-28(14-12-26)58(73)74)55-45(72)39(46(4,5)6)57-43(70)31(20-27-10-8-7-9-25(27)3)54-40(67)29(15-17-35(60)61)53-42(69)32(21-37(64)65)52-34(59)16-18-36(62)63/h7-14,24,29-33,39H,15-23H2,1-6H3,(H,51,71)(H,52,59)(H,53,69)(H,54,67)(H,55,72)(H,56,68)(H,57,70)(H,60,61)(H,62,63)(H,64,65)/t29-,30-,31-,32-,33-,39+/m0/s1. The van der Waals surface area contributed by atoms with E-state index in [-0.39, 0.29) is 24.1 Å². The van der Waals surface area contributed by atoms with Crippen molar-refractivity contribution in [1.29, 1.82) is 0 Å². The molecule has 24 nitrogen and oxygen atoms in total. The van der Waals surface area contributed by atoms with Crippen molar-refractivity contribution in [2.45, 2.75) is 142 Å². The summed E-state index contributed by atoms with van der Waals surface area (Å²) >= 11 is 0. The number of ketones is 1. The fourth-order valence-corrected chi connectivity index (χ4v) is 6.97. The highest BCUT2D eigenvalue weighted by Gasteiger charge is 2.42. The number of non-ortho nitro benzene ring substituents is 1. The van der Waals surface area contributed by atoms with Crippen molar-refractivity contribution < 1.29 is 86.2 Å². The molecule has 74 heavy (non-hydrogen) atoms. The van der Waals surface area contributed by atoms with Crippen LogP contribution in [0.5, 0.6) is 0 Å². The lowest BCUT2D eigenvalue weighted by Gasteiger charge is -2.34. The first kappa shape index (κ1) is 62.1. The molecule has 0 aliphatic rings. The molecule has 0 fully saturated rings. The Kier molecular flexibility index (Phi) is 23.8. The van der Waals surface area contributed by atoms with Crippen molar-refractivity contribution in [3.8, 4) is 0 Å². The Morgan fingerprint density at radius 2 is 1.16 bits per heavy atom. The molecular formula is C47H61F3N8O16. The molecule has 0 bridgehead atoms. The summed E-state index contributed by atoms with van der Waals surface area (Å²) in [5, 5.41) is 54.4. The lowest BCUT2D eigenvalue weighted by Crippen LogP contribution is -2.62. The summed E-state index contributed by atoms with van der Waals surface area (Å²) < 4.78 is 41.5. The maximum atomic E-state index is 14.4. The molecule has 10 N–H and O–H groups in total. The Morgan fingerprint density at radius 1 is 0.635 bits per heavy atom. The number of hydrogen-bond donors (Lipinski definition) is 10. The number of carboxylic acids is 3. The van der Waals surface area contributed by atoms with Gasteiger partial charge in [-0.3, -0.25) is 62.9 Å². The number of nitro groups is 1. The molecule has 406 valence electrons. The van der Waals surface area contributed by atoms with Crippen LogP contribution in [0.15, 0.2) is 48.5 Å². The van der Waals surface area contributed by atoms with Gasteiger partial charge in [-0.25, -0.2) is 0 Å². The van der Waals surface area contributed by atoms with Gasteiger partial charge in [-0.05, 0) is 47.8 Å². The van der Waals surface area contributed by atoms with Crippen LogP contribution in [0.25, 0.3) is 0 Å². The number of alkyl halides is 3. The molecule has 0 radical (unpaired) electrons. The summed E-state index contributed by atoms with van der Waals surface area (Å²) in [4.78, 5) is 153. The number of carbonyl (C=O) groups excluding carboxylic acids is 8. The van der Waals surface area contributed by atoms with Crippen molar-refractivity contribution in [3.05, 3.63) is 75.3 Å². The van der Waals surface area contributed by atoms with Crippen LogP contribution >= 0.6 is 0 Å². The van der Waals surface area contributed by atoms with Crippen LogP contribution in [0.3, 0.4) is 0 Å². The van der Waals surface area contributed by atoms with Gasteiger partial charge in [0.05, 0.1) is 24.2 Å². The van der Waals surface area contributed by atoms with Gasteiger partial charge in [-0.2, -0.15) is 13.2 Å². The highest BCUT2D eigenvalue weighted by molar-refractivity contribution is 6.38. The van der Waals surface area contributed by atoms with Crippen LogP contribution in [0.4, 0.5) is 18.9 Å². The molecular weight excluding hydrogens is 990 g/mol. The van der Waals surface area contributed by atoms with Crippen LogP contribution < -0.4 is 37.2 Å². The van der Waals surface area contributed by atoms with E-state index in [2.05, 4.69) is 31.9 Å². The largest absolute Gasteiger partial charge is 0.481 e. The topological polar surface area (TPSA) is 376 Å². The van der Waals surface area contributed by atoms with E-state index in [1.807, 2.05) is 5.32 Å². The fraction of sp³-hybridized carbons (Fsp3) is 0.511.